The quantitative estimate of drug-likeness (QED) is 0.420. The van der Waals surface area contributed by atoms with E-state index < -0.39 is 29.7 Å². The van der Waals surface area contributed by atoms with Gasteiger partial charge in [-0.15, -0.1) is 5.46 Å². The fourth-order valence-electron chi connectivity index (χ4n) is 1.22. The Morgan fingerprint density at radius 1 is 1.12 bits per heavy atom. The summed E-state index contributed by atoms with van der Waals surface area (Å²) in [5.41, 5.74) is -2.47. The van der Waals surface area contributed by atoms with Crippen molar-refractivity contribution in [2.45, 2.75) is 11.5 Å². The third-order valence-electron chi connectivity index (χ3n) is 1.97. The summed E-state index contributed by atoms with van der Waals surface area (Å²) in [6, 6.07) is 1.43. The third-order valence-corrected chi connectivity index (χ3v) is 2.57. The number of halogens is 7. The third kappa shape index (κ3) is 4.87. The summed E-state index contributed by atoms with van der Waals surface area (Å²) in [7, 11) is 0. The molecule has 9 heteroatoms. The van der Waals surface area contributed by atoms with Gasteiger partial charge < -0.3 is 12.9 Å². The first-order valence-corrected chi connectivity index (χ1v) is 5.24. The van der Waals surface area contributed by atoms with Crippen molar-refractivity contribution in [2.75, 3.05) is 0 Å². The van der Waals surface area contributed by atoms with Crippen molar-refractivity contribution < 1.29 is 77.5 Å². The minimum Gasteiger partial charge on any atom is -0.445 e. The summed E-state index contributed by atoms with van der Waals surface area (Å²) in [5.74, 6) is 0. The zero-order valence-electron chi connectivity index (χ0n) is 8.66. The van der Waals surface area contributed by atoms with Crippen LogP contribution in [0.2, 0.25) is 0 Å². The van der Waals surface area contributed by atoms with E-state index in [2.05, 4.69) is 15.9 Å². The molecule has 1 rings (SSSR count). The van der Waals surface area contributed by atoms with Crippen LogP contribution in [0.4, 0.5) is 26.1 Å². The number of alkyl halides is 4. The molecule has 0 saturated carbocycles. The van der Waals surface area contributed by atoms with Crippen molar-refractivity contribution in [3.63, 3.8) is 0 Å². The fourth-order valence-corrected chi connectivity index (χ4v) is 1.70. The molecule has 0 heterocycles. The zero-order valence-corrected chi connectivity index (χ0v) is 13.4. The van der Waals surface area contributed by atoms with E-state index in [0.717, 1.165) is 0 Å². The molecular weight excluding hydrogens is 340 g/mol. The van der Waals surface area contributed by atoms with Crippen molar-refractivity contribution in [1.82, 2.24) is 0 Å². The zero-order chi connectivity index (χ0) is 12.6. The van der Waals surface area contributed by atoms with Gasteiger partial charge in [0.1, 0.15) is 0 Å². The largest absolute Gasteiger partial charge is 1.00 e. The van der Waals surface area contributed by atoms with Crippen molar-refractivity contribution in [3.8, 4) is 0 Å². The Bertz CT molecular complexity index is 389. The van der Waals surface area contributed by atoms with E-state index in [0.29, 0.717) is 18.2 Å². The van der Waals surface area contributed by atoms with Crippen LogP contribution in [0.3, 0.4) is 0 Å². The van der Waals surface area contributed by atoms with E-state index >= 15 is 0 Å². The predicted octanol–water partition coefficient (Wildman–Crippen LogP) is 0.659. The average Bonchev–Trinajstić information content (AvgIpc) is 2.14. The second kappa shape index (κ2) is 6.43. The van der Waals surface area contributed by atoms with E-state index in [-0.39, 0.29) is 56.7 Å². The smallest absolute Gasteiger partial charge is 0.445 e. The minimum atomic E-state index is -5.29. The van der Waals surface area contributed by atoms with Gasteiger partial charge in [-0.25, -0.2) is 0 Å². The van der Waals surface area contributed by atoms with E-state index in [1.165, 1.54) is 0 Å². The van der Waals surface area contributed by atoms with Gasteiger partial charge in [-0.3, -0.25) is 0 Å². The minimum absolute atomic E-state index is 0. The maximum atomic E-state index is 12.4. The predicted molar refractivity (Wildman–Crippen MR) is 52.8 cm³/mol. The Labute approximate surface area is 145 Å². The van der Waals surface area contributed by atoms with Crippen LogP contribution in [0, 0.1) is 0 Å². The molecule has 1 aromatic rings. The van der Waals surface area contributed by atoms with Gasteiger partial charge in [0.05, 0.1) is 5.56 Å². The monoisotopic (exact) mass is 344 g/mol. The first kappa shape index (κ1) is 18.0. The van der Waals surface area contributed by atoms with Gasteiger partial charge in [-0.05, 0) is 6.07 Å². The molecule has 0 unspecified atom stereocenters. The molecule has 0 nitrogen and oxygen atoms in total. The molecule has 0 bridgehead atoms. The topological polar surface area (TPSA) is 0 Å². The average molecular weight is 345 g/mol. The van der Waals surface area contributed by atoms with Crippen LogP contribution in [0.5, 0.6) is 0 Å². The van der Waals surface area contributed by atoms with E-state index in [1.807, 2.05) is 0 Å². The summed E-state index contributed by atoms with van der Waals surface area (Å²) in [6.45, 7) is -5.29. The van der Waals surface area contributed by atoms with Crippen molar-refractivity contribution >= 4 is 28.4 Å². The Hall–Kier alpha value is 0.981. The van der Waals surface area contributed by atoms with Crippen molar-refractivity contribution in [1.29, 1.82) is 0 Å². The molecule has 1 aromatic carbocycles. The van der Waals surface area contributed by atoms with Gasteiger partial charge in [0, 0.05) is 5.33 Å². The van der Waals surface area contributed by atoms with E-state index in [9.17, 15) is 26.1 Å². The van der Waals surface area contributed by atoms with Gasteiger partial charge in [-0.2, -0.15) is 13.2 Å². The molecule has 0 radical (unpaired) electrons. The van der Waals surface area contributed by atoms with Crippen molar-refractivity contribution in [3.05, 3.63) is 29.3 Å². The molecule has 0 spiro atoms. The van der Waals surface area contributed by atoms with Crippen LogP contribution in [0.1, 0.15) is 11.1 Å². The summed E-state index contributed by atoms with van der Waals surface area (Å²) < 4.78 is 74.0. The first-order chi connectivity index (χ1) is 7.16. The maximum absolute atomic E-state index is 12.4. The number of benzene rings is 1. The Morgan fingerprint density at radius 3 is 2.00 bits per heavy atom. The number of rotatable bonds is 2. The molecule has 0 aromatic heterocycles. The Balaban J connectivity index is 0.00000256. The Morgan fingerprint density at radius 2 is 1.65 bits per heavy atom. The second-order valence-corrected chi connectivity index (χ2v) is 3.68. The molecule has 0 saturated heterocycles. The van der Waals surface area contributed by atoms with Crippen LogP contribution in [0.15, 0.2) is 18.2 Å². The van der Waals surface area contributed by atoms with Crippen LogP contribution >= 0.6 is 15.9 Å². The molecule has 0 aliphatic carbocycles. The number of hydrogen-bond acceptors (Lipinski definition) is 0. The van der Waals surface area contributed by atoms with Crippen LogP contribution in [-0.2, 0) is 11.5 Å². The normalized spacial score (nSPS) is 12.2. The molecule has 0 amide bonds. The van der Waals surface area contributed by atoms with Gasteiger partial charge in [0.15, 0.2) is 0 Å². The Kier molecular flexibility index (Phi) is 6.80. The molecule has 17 heavy (non-hydrogen) atoms. The number of hydrogen-bond donors (Lipinski definition) is 0. The molecule has 0 atom stereocenters. The molecule has 0 fully saturated rings. The summed E-state index contributed by atoms with van der Waals surface area (Å²) in [4.78, 5) is 0. The molecule has 0 N–H and O–H groups in total. The summed E-state index contributed by atoms with van der Waals surface area (Å²) in [6.07, 6.45) is -4.63. The maximum Gasteiger partial charge on any atom is 1.00 e. The van der Waals surface area contributed by atoms with Gasteiger partial charge in [-0.1, -0.05) is 33.6 Å². The summed E-state index contributed by atoms with van der Waals surface area (Å²) in [5, 5.41) is -0.270. The van der Waals surface area contributed by atoms with Crippen LogP contribution in [-0.4, -0.2) is 6.98 Å². The SMILES string of the molecule is F[B-](F)(F)c1ccc(C(F)(F)F)cc1CBr.[K+]. The van der Waals surface area contributed by atoms with Gasteiger partial charge >= 0.3 is 64.5 Å². The standard InChI is InChI=1S/C8H5BBrF6.K/c10-4-5-3-6(8(11,12)13)1-2-7(5)9(14,15)16;/h1-3H,4H2;/q-1;+1. The molecular formula is C8H5BBrF6K. The van der Waals surface area contributed by atoms with Gasteiger partial charge in [0.2, 0.25) is 0 Å². The molecule has 0 aliphatic rings. The first-order valence-electron chi connectivity index (χ1n) is 4.12. The summed E-state index contributed by atoms with van der Waals surface area (Å²) >= 11 is 2.74. The van der Waals surface area contributed by atoms with Gasteiger partial charge in [0.25, 0.3) is 0 Å². The second-order valence-electron chi connectivity index (χ2n) is 3.12. The fraction of sp³-hybridized carbons (Fsp3) is 0.250. The van der Waals surface area contributed by atoms with E-state index in [4.69, 9.17) is 0 Å². The van der Waals surface area contributed by atoms with E-state index in [1.54, 1.807) is 0 Å². The van der Waals surface area contributed by atoms with Crippen LogP contribution < -0.4 is 56.8 Å². The van der Waals surface area contributed by atoms with Crippen LogP contribution in [0.25, 0.3) is 0 Å². The molecule has 90 valence electrons. The van der Waals surface area contributed by atoms with Crippen molar-refractivity contribution in [2.24, 2.45) is 0 Å². The molecule has 0 aliphatic heterocycles.